The van der Waals surface area contributed by atoms with Gasteiger partial charge in [-0.3, -0.25) is 9.59 Å². The molecule has 6 nitrogen and oxygen atoms in total. The minimum atomic E-state index is -0.651. The normalized spacial score (nSPS) is 25.8. The van der Waals surface area contributed by atoms with E-state index in [1.165, 1.54) is 14.2 Å². The van der Waals surface area contributed by atoms with E-state index >= 15 is 0 Å². The number of rotatable bonds is 3. The summed E-state index contributed by atoms with van der Waals surface area (Å²) in [4.78, 5) is 28.6. The van der Waals surface area contributed by atoms with Crippen molar-refractivity contribution in [3.05, 3.63) is 69.8 Å². The van der Waals surface area contributed by atoms with Crippen molar-refractivity contribution < 1.29 is 24.2 Å². The Hall–Kier alpha value is -3.12. The van der Waals surface area contributed by atoms with Crippen molar-refractivity contribution in [3.8, 4) is 11.5 Å². The van der Waals surface area contributed by atoms with Crippen LogP contribution in [0.5, 0.6) is 11.5 Å². The monoisotopic (exact) mass is 447 g/mol. The van der Waals surface area contributed by atoms with Crippen LogP contribution in [0.4, 0.5) is 0 Å². The zero-order chi connectivity index (χ0) is 23.5. The Labute approximate surface area is 193 Å². The number of carbonyl (C=O) groups excluding carboxylic acids is 2. The van der Waals surface area contributed by atoms with Crippen LogP contribution in [0.25, 0.3) is 0 Å². The second-order valence-corrected chi connectivity index (χ2v) is 9.50. The van der Waals surface area contributed by atoms with Crippen LogP contribution in [-0.4, -0.2) is 54.6 Å². The van der Waals surface area contributed by atoms with E-state index in [-0.39, 0.29) is 29.9 Å². The van der Waals surface area contributed by atoms with Gasteiger partial charge in [-0.1, -0.05) is 23.3 Å². The van der Waals surface area contributed by atoms with Crippen LogP contribution >= 0.6 is 0 Å². The number of aryl methyl sites for hydroxylation is 2. The van der Waals surface area contributed by atoms with Crippen molar-refractivity contribution in [1.82, 2.24) is 4.90 Å². The SMILES string of the molecule is COc1ccc2c(c1O)[C@@]13CCN(C(=O)c4cc(C)cc(C)c4)[C@@H](C2)C1=CC(OC)C(=O)C3. The Bertz CT molecular complexity index is 1180. The molecule has 2 aromatic carbocycles. The maximum atomic E-state index is 13.7. The number of carbonyl (C=O) groups is 2. The summed E-state index contributed by atoms with van der Waals surface area (Å²) in [5.41, 5.74) is 4.86. The van der Waals surface area contributed by atoms with Gasteiger partial charge in [0.15, 0.2) is 17.3 Å². The third kappa shape index (κ3) is 3.19. The number of likely N-dealkylation sites (tertiary alicyclic amines) is 1. The fraction of sp³-hybridized carbons (Fsp3) is 0.407. The molecule has 0 aromatic heterocycles. The zero-order valence-electron chi connectivity index (χ0n) is 19.5. The predicted octanol–water partition coefficient (Wildman–Crippen LogP) is 3.64. The summed E-state index contributed by atoms with van der Waals surface area (Å²) in [5, 5.41) is 11.1. The van der Waals surface area contributed by atoms with Gasteiger partial charge in [0, 0.05) is 36.6 Å². The number of hydrogen-bond acceptors (Lipinski definition) is 5. The predicted molar refractivity (Wildman–Crippen MR) is 124 cm³/mol. The quantitative estimate of drug-likeness (QED) is 0.727. The van der Waals surface area contributed by atoms with E-state index in [0.717, 1.165) is 27.8 Å². The highest BCUT2D eigenvalue weighted by Gasteiger charge is 2.55. The maximum Gasteiger partial charge on any atom is 0.254 e. The summed E-state index contributed by atoms with van der Waals surface area (Å²) in [7, 11) is 3.06. The van der Waals surface area contributed by atoms with Crippen LogP contribution < -0.4 is 4.74 Å². The molecule has 1 saturated heterocycles. The molecule has 1 aliphatic heterocycles. The number of phenolic OH excluding ortho intramolecular Hbond substituents is 1. The molecule has 1 N–H and O–H groups in total. The number of ether oxygens (including phenoxy) is 2. The lowest BCUT2D eigenvalue weighted by molar-refractivity contribution is -0.128. The van der Waals surface area contributed by atoms with Crippen molar-refractivity contribution in [2.24, 2.45) is 0 Å². The van der Waals surface area contributed by atoms with E-state index in [0.29, 0.717) is 30.7 Å². The molecule has 33 heavy (non-hydrogen) atoms. The molecule has 3 atom stereocenters. The molecule has 2 bridgehead atoms. The molecule has 1 unspecified atom stereocenters. The van der Waals surface area contributed by atoms with Crippen LogP contribution in [0.1, 0.15) is 45.5 Å². The molecular formula is C27H29NO5. The molecule has 172 valence electrons. The molecule has 1 amide bonds. The number of benzene rings is 2. The van der Waals surface area contributed by atoms with Gasteiger partial charge in [-0.25, -0.2) is 0 Å². The van der Waals surface area contributed by atoms with Gasteiger partial charge in [-0.2, -0.15) is 0 Å². The van der Waals surface area contributed by atoms with Crippen LogP contribution in [0, 0.1) is 13.8 Å². The summed E-state index contributed by atoms with van der Waals surface area (Å²) < 4.78 is 10.9. The number of methoxy groups -OCH3 is 2. The van der Waals surface area contributed by atoms with Gasteiger partial charge in [-0.15, -0.1) is 0 Å². The number of fused-ring (bicyclic) bond motifs is 1. The average molecular weight is 448 g/mol. The van der Waals surface area contributed by atoms with Crippen LogP contribution in [0.15, 0.2) is 42.0 Å². The summed E-state index contributed by atoms with van der Waals surface area (Å²) in [5.74, 6) is 0.477. The number of nitrogens with zero attached hydrogens (tertiary/aromatic N) is 1. The minimum Gasteiger partial charge on any atom is -0.504 e. The number of hydrogen-bond donors (Lipinski definition) is 1. The third-order valence-corrected chi connectivity index (χ3v) is 7.51. The Morgan fingerprint density at radius 2 is 1.88 bits per heavy atom. The molecule has 2 aliphatic carbocycles. The molecule has 0 spiro atoms. The Kier molecular flexibility index (Phi) is 5.09. The molecule has 1 heterocycles. The van der Waals surface area contributed by atoms with Crippen molar-refractivity contribution >= 4 is 11.7 Å². The fourth-order valence-electron chi connectivity index (χ4n) is 6.19. The molecule has 0 saturated carbocycles. The number of aromatic hydroxyl groups is 1. The second-order valence-electron chi connectivity index (χ2n) is 9.50. The molecule has 3 aliphatic rings. The number of Topliss-reactive ketones (excluding diaryl/α,β-unsaturated/α-hetero) is 1. The fourth-order valence-corrected chi connectivity index (χ4v) is 6.19. The minimum absolute atomic E-state index is 0.00616. The highest BCUT2D eigenvalue weighted by atomic mass is 16.5. The Morgan fingerprint density at radius 3 is 2.55 bits per heavy atom. The Balaban J connectivity index is 1.67. The first-order valence-corrected chi connectivity index (χ1v) is 11.4. The summed E-state index contributed by atoms with van der Waals surface area (Å²) in [6.45, 7) is 4.50. The summed E-state index contributed by atoms with van der Waals surface area (Å²) >= 11 is 0. The van der Waals surface area contributed by atoms with Crippen molar-refractivity contribution in [3.63, 3.8) is 0 Å². The van der Waals surface area contributed by atoms with Crippen molar-refractivity contribution in [2.45, 2.75) is 50.7 Å². The maximum absolute atomic E-state index is 13.7. The molecular weight excluding hydrogens is 418 g/mol. The highest BCUT2D eigenvalue weighted by Crippen LogP contribution is 2.57. The molecule has 0 radical (unpaired) electrons. The van der Waals surface area contributed by atoms with E-state index < -0.39 is 11.5 Å². The van der Waals surface area contributed by atoms with E-state index in [1.807, 2.05) is 43.0 Å². The third-order valence-electron chi connectivity index (χ3n) is 7.51. The Morgan fingerprint density at radius 1 is 1.15 bits per heavy atom. The highest BCUT2D eigenvalue weighted by molar-refractivity contribution is 5.96. The van der Waals surface area contributed by atoms with Gasteiger partial charge >= 0.3 is 0 Å². The van der Waals surface area contributed by atoms with Crippen molar-refractivity contribution in [1.29, 1.82) is 0 Å². The number of ketones is 1. The van der Waals surface area contributed by atoms with Gasteiger partial charge < -0.3 is 19.5 Å². The largest absolute Gasteiger partial charge is 0.504 e. The van der Waals surface area contributed by atoms with E-state index in [1.54, 1.807) is 6.07 Å². The first-order valence-electron chi connectivity index (χ1n) is 11.4. The number of piperidine rings is 1. The molecule has 5 rings (SSSR count). The van der Waals surface area contributed by atoms with Crippen LogP contribution in [0.3, 0.4) is 0 Å². The van der Waals surface area contributed by atoms with Gasteiger partial charge in [0.1, 0.15) is 6.10 Å². The lowest BCUT2D eigenvalue weighted by Gasteiger charge is -2.55. The average Bonchev–Trinajstić information content (AvgIpc) is 2.77. The smallest absolute Gasteiger partial charge is 0.254 e. The second kappa shape index (κ2) is 7.73. The van der Waals surface area contributed by atoms with E-state index in [4.69, 9.17) is 9.47 Å². The standard InChI is InChI=1S/C27H29NO5/c1-15-9-16(2)11-18(10-15)26(31)28-8-7-27-14-21(29)23(33-4)13-19(27)20(28)12-17-5-6-22(32-3)25(30)24(17)27/h5-6,9-11,13,20,23,30H,7-8,12,14H2,1-4H3/t20-,23?,27+/m0/s1. The van der Waals surface area contributed by atoms with Crippen LogP contribution in [0.2, 0.25) is 0 Å². The molecule has 1 fully saturated rings. The van der Waals surface area contributed by atoms with E-state index in [2.05, 4.69) is 6.07 Å². The van der Waals surface area contributed by atoms with Gasteiger partial charge in [-0.05, 0) is 62.1 Å². The molecule has 6 heteroatoms. The lowest BCUT2D eigenvalue weighted by atomic mass is 9.56. The molecule has 2 aromatic rings. The van der Waals surface area contributed by atoms with Gasteiger partial charge in [0.25, 0.3) is 5.91 Å². The summed E-state index contributed by atoms with van der Waals surface area (Å²) in [6.07, 6.45) is 2.62. The first kappa shape index (κ1) is 21.7. The lowest BCUT2D eigenvalue weighted by Crippen LogP contribution is -2.59. The topological polar surface area (TPSA) is 76.1 Å². The first-order chi connectivity index (χ1) is 15.8. The van der Waals surface area contributed by atoms with Gasteiger partial charge in [0.2, 0.25) is 0 Å². The van der Waals surface area contributed by atoms with Crippen molar-refractivity contribution in [2.75, 3.05) is 20.8 Å². The summed E-state index contributed by atoms with van der Waals surface area (Å²) in [6, 6.07) is 9.44. The van der Waals surface area contributed by atoms with Gasteiger partial charge in [0.05, 0.1) is 13.2 Å². The van der Waals surface area contributed by atoms with E-state index in [9.17, 15) is 14.7 Å². The van der Waals surface area contributed by atoms with Crippen LogP contribution in [-0.2, 0) is 21.4 Å². The zero-order valence-corrected chi connectivity index (χ0v) is 19.5. The number of amides is 1. The number of phenols is 1.